The van der Waals surface area contributed by atoms with E-state index in [0.29, 0.717) is 0 Å². The molecule has 0 heterocycles. The molecule has 2 aromatic carbocycles. The van der Waals surface area contributed by atoms with Gasteiger partial charge in [0.15, 0.2) is 0 Å². The standard InChI is InChI=1S/C23H29NO/c1-16(2)22(19-10-5-4-6-11-19)23(25)24-17(3)20-14-13-18-9-7-8-12-21(18)15-20/h4-6,10-11,13-17,22H,7-9,12H2,1-3H3,(H,24,25). The van der Waals surface area contributed by atoms with Gasteiger partial charge >= 0.3 is 0 Å². The normalized spacial score (nSPS) is 16.2. The van der Waals surface area contributed by atoms with Crippen molar-refractivity contribution in [1.29, 1.82) is 0 Å². The summed E-state index contributed by atoms with van der Waals surface area (Å²) < 4.78 is 0. The first-order valence-corrected chi connectivity index (χ1v) is 9.53. The maximum atomic E-state index is 12.9. The van der Waals surface area contributed by atoms with E-state index < -0.39 is 0 Å². The summed E-state index contributed by atoms with van der Waals surface area (Å²) in [7, 11) is 0. The molecule has 2 atom stereocenters. The summed E-state index contributed by atoms with van der Waals surface area (Å²) in [6, 6.07) is 16.9. The van der Waals surface area contributed by atoms with Crippen molar-refractivity contribution in [3.63, 3.8) is 0 Å². The minimum absolute atomic E-state index is 0.0321. The Morgan fingerprint density at radius 1 is 0.880 bits per heavy atom. The highest BCUT2D eigenvalue weighted by Crippen LogP contribution is 2.27. The fraction of sp³-hybridized carbons (Fsp3) is 0.435. The first-order valence-electron chi connectivity index (χ1n) is 9.53. The van der Waals surface area contributed by atoms with Gasteiger partial charge < -0.3 is 5.32 Å². The number of amides is 1. The van der Waals surface area contributed by atoms with Crippen LogP contribution in [0, 0.1) is 5.92 Å². The average molecular weight is 335 g/mol. The predicted octanol–water partition coefficient (Wildman–Crippen LogP) is 5.18. The van der Waals surface area contributed by atoms with E-state index >= 15 is 0 Å². The lowest BCUT2D eigenvalue weighted by Crippen LogP contribution is -2.34. The summed E-state index contributed by atoms with van der Waals surface area (Å²) in [5.74, 6) is 0.269. The molecule has 0 fully saturated rings. The first kappa shape index (κ1) is 17.7. The van der Waals surface area contributed by atoms with Gasteiger partial charge in [-0.3, -0.25) is 4.79 Å². The molecule has 1 aliphatic carbocycles. The molecule has 3 rings (SSSR count). The molecule has 0 aliphatic heterocycles. The monoisotopic (exact) mass is 335 g/mol. The van der Waals surface area contributed by atoms with Crippen LogP contribution in [0.5, 0.6) is 0 Å². The van der Waals surface area contributed by atoms with E-state index in [1.54, 1.807) is 0 Å². The number of fused-ring (bicyclic) bond motifs is 1. The first-order chi connectivity index (χ1) is 12.1. The number of rotatable bonds is 5. The highest BCUT2D eigenvalue weighted by atomic mass is 16.1. The maximum absolute atomic E-state index is 12.9. The number of nitrogens with one attached hydrogen (secondary N) is 1. The van der Waals surface area contributed by atoms with Crippen LogP contribution in [-0.4, -0.2) is 5.91 Å². The van der Waals surface area contributed by atoms with Gasteiger partial charge in [-0.15, -0.1) is 0 Å². The quantitative estimate of drug-likeness (QED) is 0.801. The fourth-order valence-electron chi connectivity index (χ4n) is 3.91. The lowest BCUT2D eigenvalue weighted by Gasteiger charge is -2.24. The van der Waals surface area contributed by atoms with Gasteiger partial charge in [0.25, 0.3) is 0 Å². The SMILES string of the molecule is CC(NC(=O)C(c1ccccc1)C(C)C)c1ccc2c(c1)CCCC2. The summed E-state index contributed by atoms with van der Waals surface area (Å²) in [5, 5.41) is 3.24. The molecule has 0 aromatic heterocycles. The predicted molar refractivity (Wildman–Crippen MR) is 104 cm³/mol. The van der Waals surface area contributed by atoms with Crippen molar-refractivity contribution in [2.75, 3.05) is 0 Å². The molecule has 2 unspecified atom stereocenters. The van der Waals surface area contributed by atoms with Gasteiger partial charge in [-0.1, -0.05) is 62.4 Å². The van der Waals surface area contributed by atoms with Crippen molar-refractivity contribution in [3.05, 3.63) is 70.8 Å². The Morgan fingerprint density at radius 2 is 1.56 bits per heavy atom. The van der Waals surface area contributed by atoms with Gasteiger partial charge in [0, 0.05) is 0 Å². The Hall–Kier alpha value is -2.09. The van der Waals surface area contributed by atoms with Crippen LogP contribution in [0.2, 0.25) is 0 Å². The summed E-state index contributed by atoms with van der Waals surface area (Å²) >= 11 is 0. The summed E-state index contributed by atoms with van der Waals surface area (Å²) in [4.78, 5) is 12.9. The number of hydrogen-bond donors (Lipinski definition) is 1. The fourth-order valence-corrected chi connectivity index (χ4v) is 3.91. The molecule has 2 aromatic rings. The smallest absolute Gasteiger partial charge is 0.228 e. The molecule has 0 spiro atoms. The van der Waals surface area contributed by atoms with Crippen LogP contribution in [0.25, 0.3) is 0 Å². The van der Waals surface area contributed by atoms with Crippen LogP contribution in [0.15, 0.2) is 48.5 Å². The van der Waals surface area contributed by atoms with Gasteiger partial charge in [-0.2, -0.15) is 0 Å². The van der Waals surface area contributed by atoms with Crippen LogP contribution >= 0.6 is 0 Å². The molecule has 0 radical (unpaired) electrons. The van der Waals surface area contributed by atoms with Crippen LogP contribution in [0.3, 0.4) is 0 Å². The molecule has 2 nitrogen and oxygen atoms in total. The van der Waals surface area contributed by atoms with E-state index in [1.807, 2.05) is 30.3 Å². The highest BCUT2D eigenvalue weighted by molar-refractivity contribution is 5.84. The third kappa shape index (κ3) is 4.12. The highest BCUT2D eigenvalue weighted by Gasteiger charge is 2.25. The van der Waals surface area contributed by atoms with Crippen molar-refractivity contribution >= 4 is 5.91 Å². The topological polar surface area (TPSA) is 29.1 Å². The van der Waals surface area contributed by atoms with Gasteiger partial charge in [0.1, 0.15) is 0 Å². The third-order valence-electron chi connectivity index (χ3n) is 5.34. The van der Waals surface area contributed by atoms with Crippen molar-refractivity contribution in [2.24, 2.45) is 5.92 Å². The van der Waals surface area contributed by atoms with E-state index in [9.17, 15) is 4.79 Å². The summed E-state index contributed by atoms with van der Waals surface area (Å²) in [6.45, 7) is 6.31. The Morgan fingerprint density at radius 3 is 2.24 bits per heavy atom. The Labute approximate surface area is 151 Å². The Balaban J connectivity index is 1.75. The van der Waals surface area contributed by atoms with Crippen LogP contribution in [0.1, 0.15) is 67.8 Å². The van der Waals surface area contributed by atoms with Gasteiger partial charge in [-0.25, -0.2) is 0 Å². The summed E-state index contributed by atoms with van der Waals surface area (Å²) in [6.07, 6.45) is 4.94. The van der Waals surface area contributed by atoms with Crippen LogP contribution in [0.4, 0.5) is 0 Å². The minimum Gasteiger partial charge on any atom is -0.349 e. The molecule has 0 saturated carbocycles. The number of benzene rings is 2. The second-order valence-corrected chi connectivity index (χ2v) is 7.60. The van der Waals surface area contributed by atoms with Crippen molar-refractivity contribution < 1.29 is 4.79 Å². The molecule has 25 heavy (non-hydrogen) atoms. The van der Waals surface area contributed by atoms with Gasteiger partial charge in [0.2, 0.25) is 5.91 Å². The summed E-state index contributed by atoms with van der Waals surface area (Å²) in [5.41, 5.74) is 5.25. The molecule has 132 valence electrons. The molecule has 1 amide bonds. The number of carbonyl (C=O) groups excluding carboxylic acids is 1. The van der Waals surface area contributed by atoms with E-state index in [0.717, 1.165) is 5.56 Å². The molecule has 1 N–H and O–H groups in total. The number of aryl methyl sites for hydroxylation is 2. The molecule has 1 aliphatic rings. The van der Waals surface area contributed by atoms with E-state index in [-0.39, 0.29) is 23.8 Å². The molecular weight excluding hydrogens is 306 g/mol. The Kier molecular flexibility index (Phi) is 5.57. The Bertz CT molecular complexity index is 720. The number of hydrogen-bond acceptors (Lipinski definition) is 1. The van der Waals surface area contributed by atoms with Crippen molar-refractivity contribution in [3.8, 4) is 0 Å². The van der Waals surface area contributed by atoms with Crippen LogP contribution in [-0.2, 0) is 17.6 Å². The van der Waals surface area contributed by atoms with Gasteiger partial charge in [-0.05, 0) is 60.8 Å². The second kappa shape index (κ2) is 7.86. The molecular formula is C23H29NO. The zero-order chi connectivity index (χ0) is 17.8. The average Bonchev–Trinajstić information content (AvgIpc) is 2.62. The number of carbonyl (C=O) groups is 1. The zero-order valence-electron chi connectivity index (χ0n) is 15.6. The van der Waals surface area contributed by atoms with E-state index in [2.05, 4.69) is 44.3 Å². The lowest BCUT2D eigenvalue weighted by atomic mass is 9.87. The lowest BCUT2D eigenvalue weighted by molar-refractivity contribution is -0.124. The second-order valence-electron chi connectivity index (χ2n) is 7.60. The van der Waals surface area contributed by atoms with Crippen LogP contribution < -0.4 is 5.32 Å². The molecule has 0 saturated heterocycles. The molecule has 0 bridgehead atoms. The maximum Gasteiger partial charge on any atom is 0.228 e. The van der Waals surface area contributed by atoms with E-state index in [1.165, 1.54) is 42.4 Å². The van der Waals surface area contributed by atoms with Crippen molar-refractivity contribution in [2.45, 2.75) is 58.4 Å². The van der Waals surface area contributed by atoms with E-state index in [4.69, 9.17) is 0 Å². The van der Waals surface area contributed by atoms with Crippen molar-refractivity contribution in [1.82, 2.24) is 5.32 Å². The molecule has 2 heteroatoms. The van der Waals surface area contributed by atoms with Gasteiger partial charge in [0.05, 0.1) is 12.0 Å². The zero-order valence-corrected chi connectivity index (χ0v) is 15.6. The third-order valence-corrected chi connectivity index (χ3v) is 5.34. The largest absolute Gasteiger partial charge is 0.349 e. The minimum atomic E-state index is -0.110.